The van der Waals surface area contributed by atoms with Gasteiger partial charge in [0.1, 0.15) is 5.75 Å². The molecular formula is C18H24N2O5. The summed E-state index contributed by atoms with van der Waals surface area (Å²) in [6.07, 6.45) is 1.92. The molecule has 1 aromatic carbocycles. The van der Waals surface area contributed by atoms with E-state index in [0.717, 1.165) is 31.5 Å². The van der Waals surface area contributed by atoms with E-state index in [-0.39, 0.29) is 24.4 Å². The zero-order valence-electron chi connectivity index (χ0n) is 14.3. The largest absolute Gasteiger partial charge is 0.507 e. The number of carbonyl (C=O) groups is 1. The highest BCUT2D eigenvalue weighted by Gasteiger charge is 2.30. The molecule has 2 saturated heterocycles. The summed E-state index contributed by atoms with van der Waals surface area (Å²) in [6, 6.07) is 3.45. The van der Waals surface area contributed by atoms with Crippen molar-refractivity contribution in [2.45, 2.75) is 19.4 Å². The summed E-state index contributed by atoms with van der Waals surface area (Å²) in [6.45, 7) is 5.11. The van der Waals surface area contributed by atoms with Gasteiger partial charge in [-0.15, -0.1) is 0 Å². The van der Waals surface area contributed by atoms with Gasteiger partial charge in [0.15, 0.2) is 11.5 Å². The third-order valence-corrected chi connectivity index (χ3v) is 5.15. The Morgan fingerprint density at radius 2 is 1.92 bits per heavy atom. The molecule has 0 aromatic heterocycles. The van der Waals surface area contributed by atoms with Gasteiger partial charge >= 0.3 is 0 Å². The van der Waals surface area contributed by atoms with Crippen molar-refractivity contribution in [3.63, 3.8) is 0 Å². The Hall–Kier alpha value is -1.99. The number of amides is 1. The van der Waals surface area contributed by atoms with E-state index in [1.165, 1.54) is 0 Å². The molecule has 3 aliphatic rings. The van der Waals surface area contributed by atoms with Gasteiger partial charge in [0.05, 0.1) is 19.1 Å². The lowest BCUT2D eigenvalue weighted by atomic mass is 9.95. The van der Waals surface area contributed by atoms with Crippen LogP contribution in [0.5, 0.6) is 17.2 Å². The van der Waals surface area contributed by atoms with E-state index in [4.69, 9.17) is 14.2 Å². The molecular weight excluding hydrogens is 324 g/mol. The number of likely N-dealkylation sites (tertiary alicyclic amines) is 1. The standard InChI is InChI=1S/C18H24N2O5/c21-15-9-17-16(24-12-25-17)8-14(15)11-19-3-1-2-13(10-19)18(22)20-4-6-23-7-5-20/h8-9,13,21H,1-7,10-12H2. The number of morpholine rings is 1. The molecule has 1 amide bonds. The van der Waals surface area contributed by atoms with Crippen LogP contribution < -0.4 is 9.47 Å². The second-order valence-corrected chi connectivity index (χ2v) is 6.85. The van der Waals surface area contributed by atoms with Crippen molar-refractivity contribution in [1.82, 2.24) is 9.80 Å². The van der Waals surface area contributed by atoms with Gasteiger partial charge in [-0.25, -0.2) is 0 Å². The van der Waals surface area contributed by atoms with E-state index < -0.39 is 0 Å². The Balaban J connectivity index is 1.40. The predicted octanol–water partition coefficient (Wildman–Crippen LogP) is 1.19. The second-order valence-electron chi connectivity index (χ2n) is 6.85. The van der Waals surface area contributed by atoms with Crippen LogP contribution in [0.15, 0.2) is 12.1 Å². The Labute approximate surface area is 147 Å². The smallest absolute Gasteiger partial charge is 0.231 e. The first-order valence-corrected chi connectivity index (χ1v) is 8.91. The summed E-state index contributed by atoms with van der Waals surface area (Å²) in [4.78, 5) is 16.9. The fourth-order valence-electron chi connectivity index (χ4n) is 3.78. The molecule has 136 valence electrons. The molecule has 0 aliphatic carbocycles. The summed E-state index contributed by atoms with van der Waals surface area (Å²) in [5.41, 5.74) is 0.809. The van der Waals surface area contributed by atoms with Gasteiger partial charge in [0.2, 0.25) is 12.7 Å². The van der Waals surface area contributed by atoms with Gasteiger partial charge in [-0.3, -0.25) is 9.69 Å². The van der Waals surface area contributed by atoms with E-state index in [1.807, 2.05) is 11.0 Å². The summed E-state index contributed by atoms with van der Waals surface area (Å²) < 4.78 is 16.0. The second kappa shape index (κ2) is 7.09. The van der Waals surface area contributed by atoms with Crippen molar-refractivity contribution in [3.8, 4) is 17.2 Å². The molecule has 25 heavy (non-hydrogen) atoms. The first-order chi connectivity index (χ1) is 12.2. The average molecular weight is 348 g/mol. The van der Waals surface area contributed by atoms with E-state index in [1.54, 1.807) is 6.07 Å². The first-order valence-electron chi connectivity index (χ1n) is 8.91. The van der Waals surface area contributed by atoms with Crippen molar-refractivity contribution in [1.29, 1.82) is 0 Å². The van der Waals surface area contributed by atoms with Crippen molar-refractivity contribution in [2.24, 2.45) is 5.92 Å². The molecule has 0 saturated carbocycles. The highest BCUT2D eigenvalue weighted by atomic mass is 16.7. The van der Waals surface area contributed by atoms with Crippen molar-refractivity contribution >= 4 is 5.91 Å². The Kier molecular flexibility index (Phi) is 4.67. The fraction of sp³-hybridized carbons (Fsp3) is 0.611. The van der Waals surface area contributed by atoms with Gasteiger partial charge in [0, 0.05) is 37.8 Å². The van der Waals surface area contributed by atoms with Gasteiger partial charge in [0.25, 0.3) is 0 Å². The Bertz CT molecular complexity index is 645. The highest BCUT2D eigenvalue weighted by Crippen LogP contribution is 2.38. The molecule has 7 heteroatoms. The van der Waals surface area contributed by atoms with Crippen molar-refractivity contribution in [2.75, 3.05) is 46.2 Å². The van der Waals surface area contributed by atoms with Gasteiger partial charge in [-0.2, -0.15) is 0 Å². The molecule has 0 spiro atoms. The van der Waals surface area contributed by atoms with Crippen LogP contribution in [-0.2, 0) is 16.1 Å². The quantitative estimate of drug-likeness (QED) is 0.885. The van der Waals surface area contributed by atoms with E-state index in [0.29, 0.717) is 44.3 Å². The lowest BCUT2D eigenvalue weighted by molar-refractivity contribution is -0.141. The zero-order valence-corrected chi connectivity index (χ0v) is 14.3. The predicted molar refractivity (Wildman–Crippen MR) is 89.6 cm³/mol. The maximum absolute atomic E-state index is 12.7. The molecule has 0 radical (unpaired) electrons. The highest BCUT2D eigenvalue weighted by molar-refractivity contribution is 5.79. The minimum Gasteiger partial charge on any atom is -0.507 e. The van der Waals surface area contributed by atoms with Gasteiger partial charge in [-0.05, 0) is 25.5 Å². The number of aromatic hydroxyl groups is 1. The lowest BCUT2D eigenvalue weighted by Crippen LogP contribution is -2.48. The Morgan fingerprint density at radius 3 is 2.72 bits per heavy atom. The van der Waals surface area contributed by atoms with Gasteiger partial charge < -0.3 is 24.2 Å². The zero-order chi connectivity index (χ0) is 17.2. The normalized spacial score (nSPS) is 23.7. The summed E-state index contributed by atoms with van der Waals surface area (Å²) >= 11 is 0. The van der Waals surface area contributed by atoms with Crippen LogP contribution >= 0.6 is 0 Å². The number of carbonyl (C=O) groups excluding carboxylic acids is 1. The molecule has 1 atom stereocenters. The summed E-state index contributed by atoms with van der Waals surface area (Å²) in [5, 5.41) is 10.2. The molecule has 1 N–H and O–H groups in total. The van der Waals surface area contributed by atoms with E-state index in [2.05, 4.69) is 4.90 Å². The van der Waals surface area contributed by atoms with E-state index >= 15 is 0 Å². The number of nitrogens with zero attached hydrogens (tertiary/aromatic N) is 2. The third kappa shape index (κ3) is 3.52. The Morgan fingerprint density at radius 1 is 1.16 bits per heavy atom. The van der Waals surface area contributed by atoms with Crippen LogP contribution in [0.2, 0.25) is 0 Å². The van der Waals surface area contributed by atoms with Gasteiger partial charge in [-0.1, -0.05) is 0 Å². The van der Waals surface area contributed by atoms with Crippen LogP contribution in [0.4, 0.5) is 0 Å². The maximum Gasteiger partial charge on any atom is 0.231 e. The number of ether oxygens (including phenoxy) is 3. The van der Waals surface area contributed by atoms with Crippen LogP contribution in [0.3, 0.4) is 0 Å². The SMILES string of the molecule is O=C(C1CCCN(Cc2cc3c(cc2O)OCO3)C1)N1CCOCC1. The summed E-state index contributed by atoms with van der Waals surface area (Å²) in [5.74, 6) is 1.74. The number of hydrogen-bond donors (Lipinski definition) is 1. The van der Waals surface area contributed by atoms with Crippen LogP contribution in [0, 0.1) is 5.92 Å². The number of phenolic OH excluding ortho intramolecular Hbond substituents is 1. The van der Waals surface area contributed by atoms with E-state index in [9.17, 15) is 9.90 Å². The number of hydrogen-bond acceptors (Lipinski definition) is 6. The molecule has 7 nitrogen and oxygen atoms in total. The number of benzene rings is 1. The number of rotatable bonds is 3. The number of piperidine rings is 1. The van der Waals surface area contributed by atoms with Crippen molar-refractivity contribution in [3.05, 3.63) is 17.7 Å². The first kappa shape index (κ1) is 16.5. The molecule has 1 unspecified atom stereocenters. The molecule has 0 bridgehead atoms. The monoisotopic (exact) mass is 348 g/mol. The maximum atomic E-state index is 12.7. The summed E-state index contributed by atoms with van der Waals surface area (Å²) in [7, 11) is 0. The minimum atomic E-state index is 0.0306. The number of phenols is 1. The van der Waals surface area contributed by atoms with Crippen LogP contribution in [-0.4, -0.2) is 67.0 Å². The minimum absolute atomic E-state index is 0.0306. The molecule has 4 rings (SSSR count). The lowest BCUT2D eigenvalue weighted by Gasteiger charge is -2.36. The third-order valence-electron chi connectivity index (χ3n) is 5.15. The topological polar surface area (TPSA) is 71.5 Å². The van der Waals surface area contributed by atoms with Crippen molar-refractivity contribution < 1.29 is 24.1 Å². The molecule has 2 fully saturated rings. The average Bonchev–Trinajstić information content (AvgIpc) is 3.09. The molecule has 1 aromatic rings. The fourth-order valence-corrected chi connectivity index (χ4v) is 3.78. The number of fused-ring (bicyclic) bond motifs is 1. The molecule has 3 aliphatic heterocycles. The van der Waals surface area contributed by atoms with Crippen LogP contribution in [0.1, 0.15) is 18.4 Å². The molecule has 3 heterocycles. The van der Waals surface area contributed by atoms with Crippen LogP contribution in [0.25, 0.3) is 0 Å².